The van der Waals surface area contributed by atoms with Crippen LogP contribution in [0.2, 0.25) is 0 Å². The van der Waals surface area contributed by atoms with Crippen LogP contribution in [0.15, 0.2) is 10.9 Å². The van der Waals surface area contributed by atoms with Gasteiger partial charge in [-0.2, -0.15) is 0 Å². The number of H-pyrrole nitrogens is 1. The van der Waals surface area contributed by atoms with Crippen LogP contribution in [0.4, 0.5) is 0 Å². The van der Waals surface area contributed by atoms with Gasteiger partial charge in [0.25, 0.3) is 5.56 Å². The molecule has 1 rings (SSSR count). The predicted octanol–water partition coefficient (Wildman–Crippen LogP) is 0.592. The van der Waals surface area contributed by atoms with Crippen LogP contribution < -0.4 is 5.56 Å². The molecular formula is C8H9NO3. The zero-order chi connectivity index (χ0) is 9.30. The molecule has 0 fully saturated rings. The fraction of sp³-hybridized carbons (Fsp3) is 0.250. The van der Waals surface area contributed by atoms with E-state index in [2.05, 4.69) is 4.98 Å². The quantitative estimate of drug-likeness (QED) is 0.601. The van der Waals surface area contributed by atoms with Crippen molar-refractivity contribution >= 4 is 5.78 Å². The molecular weight excluding hydrogens is 158 g/mol. The van der Waals surface area contributed by atoms with E-state index in [9.17, 15) is 9.59 Å². The van der Waals surface area contributed by atoms with Crippen LogP contribution in [0, 0.1) is 6.92 Å². The van der Waals surface area contributed by atoms with Gasteiger partial charge < -0.3 is 10.1 Å². The molecule has 4 nitrogen and oxygen atoms in total. The maximum absolute atomic E-state index is 10.9. The third-order valence-electron chi connectivity index (χ3n) is 1.52. The summed E-state index contributed by atoms with van der Waals surface area (Å²) in [5.41, 5.74) is -0.000509. The minimum Gasteiger partial charge on any atom is -0.503 e. The van der Waals surface area contributed by atoms with Crippen LogP contribution in [0.3, 0.4) is 0 Å². The SMILES string of the molecule is CC(=O)c1cc(C)[nH]c(=O)c1O. The van der Waals surface area contributed by atoms with Crippen molar-refractivity contribution in [1.29, 1.82) is 0 Å². The number of pyridine rings is 1. The molecule has 0 aromatic carbocycles. The Hall–Kier alpha value is -1.58. The van der Waals surface area contributed by atoms with E-state index in [-0.39, 0.29) is 11.3 Å². The number of nitrogens with one attached hydrogen (secondary N) is 1. The summed E-state index contributed by atoms with van der Waals surface area (Å²) in [6, 6.07) is 1.44. The molecule has 12 heavy (non-hydrogen) atoms. The lowest BCUT2D eigenvalue weighted by molar-refractivity contribution is 0.101. The topological polar surface area (TPSA) is 70.2 Å². The summed E-state index contributed by atoms with van der Waals surface area (Å²) in [7, 11) is 0. The molecule has 0 unspecified atom stereocenters. The number of hydrogen-bond donors (Lipinski definition) is 2. The predicted molar refractivity (Wildman–Crippen MR) is 43.5 cm³/mol. The van der Waals surface area contributed by atoms with Crippen molar-refractivity contribution in [2.75, 3.05) is 0 Å². The first-order chi connectivity index (χ1) is 5.52. The van der Waals surface area contributed by atoms with Crippen molar-refractivity contribution in [3.05, 3.63) is 27.7 Å². The molecule has 0 bridgehead atoms. The van der Waals surface area contributed by atoms with Crippen molar-refractivity contribution in [2.45, 2.75) is 13.8 Å². The molecule has 4 heteroatoms. The Labute approximate surface area is 68.9 Å². The first-order valence-corrected chi connectivity index (χ1v) is 3.46. The summed E-state index contributed by atoms with van der Waals surface area (Å²) >= 11 is 0. The van der Waals surface area contributed by atoms with E-state index < -0.39 is 11.3 Å². The molecule has 0 radical (unpaired) electrons. The van der Waals surface area contributed by atoms with E-state index in [1.54, 1.807) is 6.92 Å². The second-order valence-corrected chi connectivity index (χ2v) is 2.60. The van der Waals surface area contributed by atoms with Gasteiger partial charge in [0.15, 0.2) is 11.5 Å². The zero-order valence-electron chi connectivity index (χ0n) is 6.84. The van der Waals surface area contributed by atoms with Crippen LogP contribution in [0.25, 0.3) is 0 Å². The fourth-order valence-corrected chi connectivity index (χ4v) is 0.950. The third-order valence-corrected chi connectivity index (χ3v) is 1.52. The lowest BCUT2D eigenvalue weighted by atomic mass is 10.1. The average molecular weight is 167 g/mol. The zero-order valence-corrected chi connectivity index (χ0v) is 6.84. The van der Waals surface area contributed by atoms with E-state index >= 15 is 0 Å². The largest absolute Gasteiger partial charge is 0.503 e. The third kappa shape index (κ3) is 1.37. The van der Waals surface area contributed by atoms with Crippen LogP contribution in [0.1, 0.15) is 23.0 Å². The molecule has 0 spiro atoms. The molecule has 64 valence electrons. The molecule has 1 aromatic rings. The van der Waals surface area contributed by atoms with Crippen molar-refractivity contribution in [3.63, 3.8) is 0 Å². The summed E-state index contributed by atoms with van der Waals surface area (Å²) in [5.74, 6) is -0.824. The highest BCUT2D eigenvalue weighted by atomic mass is 16.3. The van der Waals surface area contributed by atoms with E-state index in [1.807, 2.05) is 0 Å². The molecule has 0 amide bonds. The van der Waals surface area contributed by atoms with E-state index in [4.69, 9.17) is 5.11 Å². The van der Waals surface area contributed by atoms with E-state index in [0.29, 0.717) is 5.69 Å². The highest BCUT2D eigenvalue weighted by Gasteiger charge is 2.09. The number of aryl methyl sites for hydroxylation is 1. The minimum absolute atomic E-state index is 0.0660. The Morgan fingerprint density at radius 3 is 2.67 bits per heavy atom. The van der Waals surface area contributed by atoms with Gasteiger partial charge in [-0.15, -0.1) is 0 Å². The molecule has 0 saturated carbocycles. The monoisotopic (exact) mass is 167 g/mol. The van der Waals surface area contributed by atoms with Gasteiger partial charge in [-0.25, -0.2) is 0 Å². The highest BCUT2D eigenvalue weighted by Crippen LogP contribution is 2.11. The number of aromatic nitrogens is 1. The van der Waals surface area contributed by atoms with Gasteiger partial charge in [0, 0.05) is 5.69 Å². The van der Waals surface area contributed by atoms with E-state index in [1.165, 1.54) is 13.0 Å². The van der Waals surface area contributed by atoms with Crippen LogP contribution in [-0.2, 0) is 0 Å². The number of Topliss-reactive ketones (excluding diaryl/α,β-unsaturated/α-hetero) is 1. The maximum Gasteiger partial charge on any atom is 0.291 e. The Morgan fingerprint density at radius 2 is 2.17 bits per heavy atom. The fourth-order valence-electron chi connectivity index (χ4n) is 0.950. The van der Waals surface area contributed by atoms with Crippen LogP contribution >= 0.6 is 0 Å². The standard InChI is InChI=1S/C8H9NO3/c1-4-3-6(5(2)10)7(11)8(12)9-4/h3,11H,1-2H3,(H,9,12). The summed E-state index contributed by atoms with van der Waals surface area (Å²) in [6.45, 7) is 2.95. The molecule has 0 atom stereocenters. The molecule has 0 aliphatic carbocycles. The number of carbonyl (C=O) groups is 1. The molecule has 0 saturated heterocycles. The Bertz CT molecular complexity index is 378. The van der Waals surface area contributed by atoms with E-state index in [0.717, 1.165) is 0 Å². The molecule has 0 aliphatic rings. The summed E-state index contributed by atoms with van der Waals surface area (Å²) in [5, 5.41) is 9.13. The first kappa shape index (κ1) is 8.52. The lowest BCUT2D eigenvalue weighted by Crippen LogP contribution is -2.10. The number of aromatic amines is 1. The van der Waals surface area contributed by atoms with Crippen LogP contribution in [-0.4, -0.2) is 15.9 Å². The minimum atomic E-state index is -0.625. The van der Waals surface area contributed by atoms with Gasteiger partial charge in [0.1, 0.15) is 0 Å². The van der Waals surface area contributed by atoms with Gasteiger partial charge in [-0.05, 0) is 19.9 Å². The van der Waals surface area contributed by atoms with Gasteiger partial charge >= 0.3 is 0 Å². The van der Waals surface area contributed by atoms with Gasteiger partial charge in [0.05, 0.1) is 5.56 Å². The normalized spacial score (nSPS) is 9.83. The number of ketones is 1. The first-order valence-electron chi connectivity index (χ1n) is 3.46. The Kier molecular flexibility index (Phi) is 1.99. The second kappa shape index (κ2) is 2.81. The number of rotatable bonds is 1. The van der Waals surface area contributed by atoms with Gasteiger partial charge in [-0.3, -0.25) is 9.59 Å². The number of aromatic hydroxyl groups is 1. The summed E-state index contributed by atoms with van der Waals surface area (Å²) in [4.78, 5) is 24.1. The van der Waals surface area contributed by atoms with Crippen molar-refractivity contribution in [1.82, 2.24) is 4.98 Å². The van der Waals surface area contributed by atoms with Gasteiger partial charge in [-0.1, -0.05) is 0 Å². The van der Waals surface area contributed by atoms with Crippen molar-refractivity contribution < 1.29 is 9.90 Å². The number of hydrogen-bond acceptors (Lipinski definition) is 3. The van der Waals surface area contributed by atoms with Crippen LogP contribution in [0.5, 0.6) is 5.75 Å². The maximum atomic E-state index is 10.9. The Balaban J connectivity index is 3.48. The smallest absolute Gasteiger partial charge is 0.291 e. The Morgan fingerprint density at radius 1 is 1.58 bits per heavy atom. The summed E-state index contributed by atoms with van der Waals surface area (Å²) in [6.07, 6.45) is 0. The molecule has 2 N–H and O–H groups in total. The van der Waals surface area contributed by atoms with Gasteiger partial charge in [0.2, 0.25) is 0 Å². The number of carbonyl (C=O) groups excluding carboxylic acids is 1. The molecule has 1 heterocycles. The average Bonchev–Trinajstić information content (AvgIpc) is 1.96. The molecule has 0 aliphatic heterocycles. The summed E-state index contributed by atoms with van der Waals surface area (Å²) < 4.78 is 0. The van der Waals surface area contributed by atoms with Crippen molar-refractivity contribution in [2.24, 2.45) is 0 Å². The lowest BCUT2D eigenvalue weighted by Gasteiger charge is -1.99. The van der Waals surface area contributed by atoms with Crippen molar-refractivity contribution in [3.8, 4) is 5.75 Å². The molecule has 1 aromatic heterocycles. The second-order valence-electron chi connectivity index (χ2n) is 2.60. The highest BCUT2D eigenvalue weighted by molar-refractivity contribution is 5.96.